The number of nitrogens with one attached hydrogen (secondary N) is 1. The first kappa shape index (κ1) is 17.4. The summed E-state index contributed by atoms with van der Waals surface area (Å²) >= 11 is 6.24. The summed E-state index contributed by atoms with van der Waals surface area (Å²) in [7, 11) is 0. The number of rotatable bonds is 3. The fraction of sp³-hybridized carbons (Fsp3) is 0.200. The van der Waals surface area contributed by atoms with E-state index in [-0.39, 0.29) is 12.7 Å². The number of nitrogens with zero attached hydrogens (tertiary/aromatic N) is 2. The van der Waals surface area contributed by atoms with Gasteiger partial charge in [-0.25, -0.2) is 4.68 Å². The van der Waals surface area contributed by atoms with E-state index < -0.39 is 0 Å². The lowest BCUT2D eigenvalue weighted by Crippen LogP contribution is -2.13. The second-order valence-corrected chi connectivity index (χ2v) is 6.80. The Morgan fingerprint density at radius 3 is 2.59 bits per heavy atom. The van der Waals surface area contributed by atoms with E-state index in [0.717, 1.165) is 22.6 Å². The summed E-state index contributed by atoms with van der Waals surface area (Å²) in [4.78, 5) is 12.8. The second-order valence-electron chi connectivity index (χ2n) is 6.42. The lowest BCUT2D eigenvalue weighted by Gasteiger charge is -2.11. The van der Waals surface area contributed by atoms with Crippen LogP contribution in [0.3, 0.4) is 0 Å². The molecule has 0 saturated heterocycles. The lowest BCUT2D eigenvalue weighted by molar-refractivity contribution is 0.102. The van der Waals surface area contributed by atoms with E-state index in [2.05, 4.69) is 10.4 Å². The van der Waals surface area contributed by atoms with E-state index >= 15 is 0 Å². The molecule has 7 heteroatoms. The number of aryl methyl sites for hydroxylation is 2. The summed E-state index contributed by atoms with van der Waals surface area (Å²) in [5.41, 5.74) is 4.46. The fourth-order valence-electron chi connectivity index (χ4n) is 3.03. The molecule has 138 valence electrons. The molecule has 0 saturated carbocycles. The van der Waals surface area contributed by atoms with E-state index in [1.165, 1.54) is 0 Å². The van der Waals surface area contributed by atoms with Gasteiger partial charge >= 0.3 is 0 Å². The molecule has 27 heavy (non-hydrogen) atoms. The Morgan fingerprint density at radius 2 is 1.89 bits per heavy atom. The highest BCUT2D eigenvalue weighted by molar-refractivity contribution is 6.31. The Morgan fingerprint density at radius 1 is 1.15 bits per heavy atom. The lowest BCUT2D eigenvalue weighted by atomic mass is 10.1. The number of benzene rings is 2. The topological polar surface area (TPSA) is 65.4 Å². The molecule has 0 radical (unpaired) electrons. The van der Waals surface area contributed by atoms with E-state index in [9.17, 15) is 4.79 Å². The number of carbonyl (C=O) groups excluding carboxylic acids is 1. The molecule has 0 atom stereocenters. The molecule has 2 heterocycles. The average molecular weight is 384 g/mol. The Balaban J connectivity index is 1.63. The number of amides is 1. The maximum atomic E-state index is 12.8. The molecule has 1 N–H and O–H groups in total. The minimum Gasteiger partial charge on any atom is -0.454 e. The van der Waals surface area contributed by atoms with Gasteiger partial charge < -0.3 is 14.8 Å². The maximum Gasteiger partial charge on any atom is 0.255 e. The minimum absolute atomic E-state index is 0.194. The number of halogens is 1. The molecule has 6 nitrogen and oxygen atoms in total. The van der Waals surface area contributed by atoms with Crippen LogP contribution in [0.15, 0.2) is 36.4 Å². The first-order valence-corrected chi connectivity index (χ1v) is 8.85. The van der Waals surface area contributed by atoms with E-state index in [1.807, 2.05) is 39.0 Å². The third kappa shape index (κ3) is 3.13. The molecule has 1 amide bonds. The third-order valence-electron chi connectivity index (χ3n) is 4.52. The number of carbonyl (C=O) groups is 1. The minimum atomic E-state index is -0.216. The highest BCUT2D eigenvalue weighted by Crippen LogP contribution is 2.36. The number of aromatic nitrogens is 2. The second kappa shape index (κ2) is 6.63. The SMILES string of the molecule is Cc1cc2c(cc1NC(=O)c1cccc(-n3nc(C)c(Cl)c3C)c1)OCO2. The van der Waals surface area contributed by atoms with Crippen molar-refractivity contribution in [3.05, 3.63) is 63.9 Å². The molecule has 1 aliphatic heterocycles. The van der Waals surface area contributed by atoms with Crippen molar-refractivity contribution in [2.75, 3.05) is 12.1 Å². The van der Waals surface area contributed by atoms with Gasteiger partial charge in [-0.15, -0.1) is 0 Å². The summed E-state index contributed by atoms with van der Waals surface area (Å²) in [5, 5.41) is 8.00. The first-order chi connectivity index (χ1) is 12.9. The molecule has 0 bridgehead atoms. The molecule has 0 spiro atoms. The van der Waals surface area contributed by atoms with Gasteiger partial charge in [-0.05, 0) is 50.6 Å². The number of hydrogen-bond acceptors (Lipinski definition) is 4. The average Bonchev–Trinajstić information content (AvgIpc) is 3.21. The van der Waals surface area contributed by atoms with Crippen LogP contribution < -0.4 is 14.8 Å². The van der Waals surface area contributed by atoms with Gasteiger partial charge in [-0.2, -0.15) is 5.10 Å². The molecule has 3 aromatic rings. The number of ether oxygens (including phenoxy) is 2. The molecule has 1 aliphatic rings. The summed E-state index contributed by atoms with van der Waals surface area (Å²) in [5.74, 6) is 1.10. The fourth-order valence-corrected chi connectivity index (χ4v) is 3.14. The van der Waals surface area contributed by atoms with Crippen LogP contribution >= 0.6 is 11.6 Å². The number of fused-ring (bicyclic) bond motifs is 1. The molecule has 0 fully saturated rings. The van der Waals surface area contributed by atoms with Gasteiger partial charge in [0.05, 0.1) is 22.1 Å². The van der Waals surface area contributed by atoms with E-state index in [4.69, 9.17) is 21.1 Å². The van der Waals surface area contributed by atoms with Crippen molar-refractivity contribution in [3.8, 4) is 17.2 Å². The van der Waals surface area contributed by atoms with Gasteiger partial charge in [-0.3, -0.25) is 4.79 Å². The summed E-state index contributed by atoms with van der Waals surface area (Å²) in [6.07, 6.45) is 0. The monoisotopic (exact) mass is 383 g/mol. The summed E-state index contributed by atoms with van der Waals surface area (Å²) in [6, 6.07) is 10.9. The van der Waals surface area contributed by atoms with Crippen molar-refractivity contribution in [3.63, 3.8) is 0 Å². The normalized spacial score (nSPS) is 12.3. The predicted molar refractivity (Wildman–Crippen MR) is 103 cm³/mol. The highest BCUT2D eigenvalue weighted by atomic mass is 35.5. The predicted octanol–water partition coefficient (Wildman–Crippen LogP) is 4.43. The van der Waals surface area contributed by atoms with Gasteiger partial charge in [0.25, 0.3) is 5.91 Å². The third-order valence-corrected chi connectivity index (χ3v) is 5.07. The van der Waals surface area contributed by atoms with Crippen LogP contribution in [-0.2, 0) is 0 Å². The zero-order valence-electron chi connectivity index (χ0n) is 15.2. The van der Waals surface area contributed by atoms with Gasteiger partial charge in [0, 0.05) is 17.3 Å². The Kier molecular flexibility index (Phi) is 4.28. The van der Waals surface area contributed by atoms with Crippen molar-refractivity contribution in [1.29, 1.82) is 0 Å². The van der Waals surface area contributed by atoms with Crippen molar-refractivity contribution < 1.29 is 14.3 Å². The van der Waals surface area contributed by atoms with Crippen LogP contribution in [0.2, 0.25) is 5.02 Å². The zero-order chi connectivity index (χ0) is 19.1. The Hall–Kier alpha value is -2.99. The molecule has 0 unspecified atom stereocenters. The standard InChI is InChI=1S/C20H18ClN3O3/c1-11-7-17-18(27-10-26-17)9-16(11)22-20(25)14-5-4-6-15(8-14)24-13(3)19(21)12(2)23-24/h4-9H,10H2,1-3H3,(H,22,25). The largest absolute Gasteiger partial charge is 0.454 e. The molecule has 0 aliphatic carbocycles. The van der Waals surface area contributed by atoms with E-state index in [1.54, 1.807) is 22.9 Å². The van der Waals surface area contributed by atoms with Gasteiger partial charge in [0.2, 0.25) is 6.79 Å². The van der Waals surface area contributed by atoms with Crippen molar-refractivity contribution in [1.82, 2.24) is 9.78 Å². The highest BCUT2D eigenvalue weighted by Gasteiger charge is 2.18. The van der Waals surface area contributed by atoms with Crippen LogP contribution in [-0.4, -0.2) is 22.5 Å². The smallest absolute Gasteiger partial charge is 0.255 e. The summed E-state index contributed by atoms with van der Waals surface area (Å²) in [6.45, 7) is 5.85. The van der Waals surface area contributed by atoms with Crippen molar-refractivity contribution in [2.45, 2.75) is 20.8 Å². The van der Waals surface area contributed by atoms with Crippen molar-refractivity contribution in [2.24, 2.45) is 0 Å². The van der Waals surface area contributed by atoms with E-state index in [0.29, 0.717) is 27.8 Å². The Bertz CT molecular complexity index is 1060. The van der Waals surface area contributed by atoms with Crippen LogP contribution in [0.5, 0.6) is 11.5 Å². The number of hydrogen-bond donors (Lipinski definition) is 1. The van der Waals surface area contributed by atoms with Crippen LogP contribution in [0.25, 0.3) is 5.69 Å². The van der Waals surface area contributed by atoms with Crippen LogP contribution in [0.1, 0.15) is 27.3 Å². The molecule has 2 aromatic carbocycles. The van der Waals surface area contributed by atoms with Gasteiger partial charge in [-0.1, -0.05) is 17.7 Å². The van der Waals surface area contributed by atoms with Gasteiger partial charge in [0.15, 0.2) is 11.5 Å². The van der Waals surface area contributed by atoms with Crippen LogP contribution in [0, 0.1) is 20.8 Å². The maximum absolute atomic E-state index is 12.8. The molecule has 1 aromatic heterocycles. The molecule has 4 rings (SSSR count). The van der Waals surface area contributed by atoms with Gasteiger partial charge in [0.1, 0.15) is 0 Å². The first-order valence-electron chi connectivity index (χ1n) is 8.48. The van der Waals surface area contributed by atoms with Crippen LogP contribution in [0.4, 0.5) is 5.69 Å². The number of anilines is 1. The zero-order valence-corrected chi connectivity index (χ0v) is 15.9. The Labute approximate surface area is 161 Å². The summed E-state index contributed by atoms with van der Waals surface area (Å²) < 4.78 is 12.5. The van der Waals surface area contributed by atoms with Crippen molar-refractivity contribution >= 4 is 23.2 Å². The molecular formula is C20H18ClN3O3. The molecular weight excluding hydrogens is 366 g/mol. The quantitative estimate of drug-likeness (QED) is 0.726.